The van der Waals surface area contributed by atoms with Crippen molar-refractivity contribution in [2.75, 3.05) is 22.9 Å². The van der Waals surface area contributed by atoms with E-state index >= 15 is 0 Å². The summed E-state index contributed by atoms with van der Waals surface area (Å²) in [5.41, 5.74) is 12.6. The lowest BCUT2D eigenvalue weighted by molar-refractivity contribution is 0.415. The van der Waals surface area contributed by atoms with Gasteiger partial charge in [-0.2, -0.15) is 15.0 Å². The van der Waals surface area contributed by atoms with Crippen molar-refractivity contribution >= 4 is 27.6 Å². The molecule has 3 aromatic rings. The summed E-state index contributed by atoms with van der Waals surface area (Å²) in [6.45, 7) is 1.72. The highest BCUT2D eigenvalue weighted by molar-refractivity contribution is 7.92. The summed E-state index contributed by atoms with van der Waals surface area (Å²) in [6, 6.07) is 13.2. The highest BCUT2D eigenvalue weighted by atomic mass is 32.2. The van der Waals surface area contributed by atoms with Crippen molar-refractivity contribution in [2.24, 2.45) is 0 Å². The molecule has 146 valence electrons. The fraction of sp³-hybridized carbons (Fsp3) is 0.167. The highest BCUT2D eigenvalue weighted by Gasteiger charge is 2.26. The van der Waals surface area contributed by atoms with Crippen molar-refractivity contribution in [3.8, 4) is 5.75 Å². The fourth-order valence-corrected chi connectivity index (χ4v) is 3.98. The van der Waals surface area contributed by atoms with E-state index in [1.807, 2.05) is 6.92 Å². The lowest BCUT2D eigenvalue weighted by Gasteiger charge is -2.24. The summed E-state index contributed by atoms with van der Waals surface area (Å²) in [5.74, 6) is 0.580. The van der Waals surface area contributed by atoms with Gasteiger partial charge >= 0.3 is 0 Å². The Morgan fingerprint density at radius 3 is 2.04 bits per heavy atom. The molecule has 0 saturated carbocycles. The van der Waals surface area contributed by atoms with Crippen LogP contribution < -0.4 is 20.5 Å². The van der Waals surface area contributed by atoms with Gasteiger partial charge in [0.15, 0.2) is 5.82 Å². The van der Waals surface area contributed by atoms with Crippen LogP contribution in [0.4, 0.5) is 17.6 Å². The van der Waals surface area contributed by atoms with Gasteiger partial charge in [0.1, 0.15) is 5.75 Å². The normalized spacial score (nSPS) is 11.2. The van der Waals surface area contributed by atoms with Gasteiger partial charge in [0.2, 0.25) is 11.9 Å². The first-order valence-electron chi connectivity index (χ1n) is 8.29. The first-order chi connectivity index (χ1) is 13.3. The first-order valence-corrected chi connectivity index (χ1v) is 9.73. The maximum Gasteiger partial charge on any atom is 0.264 e. The monoisotopic (exact) mass is 400 g/mol. The predicted molar refractivity (Wildman–Crippen MR) is 106 cm³/mol. The van der Waals surface area contributed by atoms with Crippen molar-refractivity contribution in [3.05, 3.63) is 59.9 Å². The molecule has 0 amide bonds. The maximum atomic E-state index is 13.3. The van der Waals surface area contributed by atoms with E-state index in [4.69, 9.17) is 16.2 Å². The minimum atomic E-state index is -3.90. The Balaban J connectivity index is 2.08. The van der Waals surface area contributed by atoms with Crippen LogP contribution in [0.5, 0.6) is 5.75 Å². The standard InChI is InChI=1S/C18H20N6O3S/c1-12-3-9-15(10-4-12)28(25,26)24(13-5-7-14(27-2)8-6-13)11-16-21-17(19)23-18(20)22-16/h3-10H,11H2,1-2H3,(H4,19,20,21,22,23). The Kier molecular flexibility index (Phi) is 5.32. The molecule has 0 unspecified atom stereocenters. The minimum absolute atomic E-state index is 0.0788. The van der Waals surface area contributed by atoms with E-state index in [2.05, 4.69) is 15.0 Å². The molecular formula is C18H20N6O3S. The zero-order valence-corrected chi connectivity index (χ0v) is 16.2. The lowest BCUT2D eigenvalue weighted by Crippen LogP contribution is -2.31. The van der Waals surface area contributed by atoms with Crippen LogP contribution in [0.2, 0.25) is 0 Å². The smallest absolute Gasteiger partial charge is 0.264 e. The highest BCUT2D eigenvalue weighted by Crippen LogP contribution is 2.27. The van der Waals surface area contributed by atoms with Crippen LogP contribution in [-0.2, 0) is 16.6 Å². The number of nitrogens with two attached hydrogens (primary N) is 2. The van der Waals surface area contributed by atoms with E-state index in [1.165, 1.54) is 11.4 Å². The van der Waals surface area contributed by atoms with Crippen molar-refractivity contribution in [1.29, 1.82) is 0 Å². The summed E-state index contributed by atoms with van der Waals surface area (Å²) in [4.78, 5) is 11.9. The van der Waals surface area contributed by atoms with Gasteiger partial charge in [-0.15, -0.1) is 0 Å². The summed E-state index contributed by atoms with van der Waals surface area (Å²) in [7, 11) is -2.37. The van der Waals surface area contributed by atoms with Gasteiger partial charge in [-0.1, -0.05) is 17.7 Å². The topological polar surface area (TPSA) is 137 Å². The molecule has 10 heteroatoms. The van der Waals surface area contributed by atoms with Gasteiger partial charge in [0.25, 0.3) is 10.0 Å². The maximum absolute atomic E-state index is 13.3. The third-order valence-corrected chi connectivity index (χ3v) is 5.76. The Labute approximate surface area is 163 Å². The predicted octanol–water partition coefficient (Wildman–Crippen LogP) is 1.75. The van der Waals surface area contributed by atoms with E-state index in [-0.39, 0.29) is 29.2 Å². The third kappa shape index (κ3) is 4.12. The van der Waals surface area contributed by atoms with Crippen LogP contribution in [0.25, 0.3) is 0 Å². The molecule has 0 saturated heterocycles. The summed E-state index contributed by atoms with van der Waals surface area (Å²) < 4.78 is 33.0. The van der Waals surface area contributed by atoms with Crippen LogP contribution >= 0.6 is 0 Å². The Hall–Kier alpha value is -3.40. The quantitative estimate of drug-likeness (QED) is 0.638. The molecule has 0 radical (unpaired) electrons. The number of benzene rings is 2. The molecule has 4 N–H and O–H groups in total. The molecule has 0 atom stereocenters. The molecular weight excluding hydrogens is 380 g/mol. The fourth-order valence-electron chi connectivity index (χ4n) is 2.56. The Morgan fingerprint density at radius 2 is 1.50 bits per heavy atom. The van der Waals surface area contributed by atoms with Gasteiger partial charge in [-0.05, 0) is 43.3 Å². The number of rotatable bonds is 6. The molecule has 9 nitrogen and oxygen atoms in total. The largest absolute Gasteiger partial charge is 0.497 e. The zero-order valence-electron chi connectivity index (χ0n) is 15.4. The first kappa shape index (κ1) is 19.4. The molecule has 0 spiro atoms. The van der Waals surface area contributed by atoms with Crippen molar-refractivity contribution < 1.29 is 13.2 Å². The lowest BCUT2D eigenvalue weighted by atomic mass is 10.2. The second-order valence-electron chi connectivity index (χ2n) is 5.99. The Morgan fingerprint density at radius 1 is 0.929 bits per heavy atom. The molecule has 0 bridgehead atoms. The molecule has 2 aromatic carbocycles. The number of anilines is 3. The van der Waals surface area contributed by atoms with E-state index in [0.29, 0.717) is 11.4 Å². The van der Waals surface area contributed by atoms with Gasteiger partial charge in [0.05, 0.1) is 24.2 Å². The van der Waals surface area contributed by atoms with Crippen molar-refractivity contribution in [2.45, 2.75) is 18.4 Å². The van der Waals surface area contributed by atoms with Crippen LogP contribution in [0, 0.1) is 6.92 Å². The number of aromatic nitrogens is 3. The molecule has 1 aromatic heterocycles. The molecule has 3 rings (SSSR count). The van der Waals surface area contributed by atoms with E-state index in [9.17, 15) is 8.42 Å². The van der Waals surface area contributed by atoms with Crippen molar-refractivity contribution in [3.63, 3.8) is 0 Å². The number of ether oxygens (including phenoxy) is 1. The average Bonchev–Trinajstić information content (AvgIpc) is 2.66. The SMILES string of the molecule is COc1ccc(N(Cc2nc(N)nc(N)n2)S(=O)(=O)c2ccc(C)cc2)cc1. The van der Waals surface area contributed by atoms with E-state index in [0.717, 1.165) is 5.56 Å². The van der Waals surface area contributed by atoms with Crippen LogP contribution in [0.15, 0.2) is 53.4 Å². The Bertz CT molecular complexity index is 1050. The van der Waals surface area contributed by atoms with E-state index in [1.54, 1.807) is 48.5 Å². The third-order valence-electron chi connectivity index (χ3n) is 3.97. The average molecular weight is 400 g/mol. The van der Waals surface area contributed by atoms with Crippen LogP contribution in [0.3, 0.4) is 0 Å². The molecule has 0 aliphatic carbocycles. The molecule has 0 aliphatic rings. The molecule has 1 heterocycles. The summed E-state index contributed by atoms with van der Waals surface area (Å²) in [5, 5.41) is 0. The van der Waals surface area contributed by atoms with Gasteiger partial charge < -0.3 is 16.2 Å². The van der Waals surface area contributed by atoms with Gasteiger partial charge in [0, 0.05) is 0 Å². The molecule has 0 aliphatic heterocycles. The van der Waals surface area contributed by atoms with Gasteiger partial charge in [-0.3, -0.25) is 4.31 Å². The second kappa shape index (κ2) is 7.69. The van der Waals surface area contributed by atoms with Crippen LogP contribution in [-0.4, -0.2) is 30.5 Å². The summed E-state index contributed by atoms with van der Waals surface area (Å²) >= 11 is 0. The number of methoxy groups -OCH3 is 1. The number of aryl methyl sites for hydroxylation is 1. The van der Waals surface area contributed by atoms with E-state index < -0.39 is 10.0 Å². The second-order valence-corrected chi connectivity index (χ2v) is 7.85. The molecule has 0 fully saturated rings. The number of hydrogen-bond acceptors (Lipinski definition) is 8. The number of sulfonamides is 1. The molecule has 28 heavy (non-hydrogen) atoms. The number of nitrogens with zero attached hydrogens (tertiary/aromatic N) is 4. The number of hydrogen-bond donors (Lipinski definition) is 2. The van der Waals surface area contributed by atoms with Gasteiger partial charge in [-0.25, -0.2) is 8.42 Å². The minimum Gasteiger partial charge on any atom is -0.497 e. The van der Waals surface area contributed by atoms with Crippen LogP contribution in [0.1, 0.15) is 11.4 Å². The zero-order chi connectivity index (χ0) is 20.3. The van der Waals surface area contributed by atoms with Crippen molar-refractivity contribution in [1.82, 2.24) is 15.0 Å². The summed E-state index contributed by atoms with van der Waals surface area (Å²) in [6.07, 6.45) is 0. The number of nitrogen functional groups attached to an aromatic ring is 2.